The van der Waals surface area contributed by atoms with Crippen LogP contribution >= 0.6 is 0 Å². The molecule has 29 heavy (non-hydrogen) atoms. The van der Waals surface area contributed by atoms with E-state index in [1.165, 1.54) is 0 Å². The lowest BCUT2D eigenvalue weighted by Crippen LogP contribution is -2.49. The lowest BCUT2D eigenvalue weighted by Gasteiger charge is -2.40. The average molecular weight is 393 g/mol. The second-order valence-electron chi connectivity index (χ2n) is 7.76. The SMILES string of the molecule is CN1CCN(C(=O)c2cccc(NC(=O)[C@@H]3CCCO3)c2)[C@H](c2ccccc2)C1. The predicted octanol–water partition coefficient (Wildman–Crippen LogP) is 2.93. The molecule has 2 amide bonds. The van der Waals surface area contributed by atoms with Gasteiger partial charge in [-0.25, -0.2) is 0 Å². The molecule has 0 radical (unpaired) electrons. The molecule has 0 aliphatic carbocycles. The van der Waals surface area contributed by atoms with Gasteiger partial charge in [0.25, 0.3) is 11.8 Å². The first kappa shape index (κ1) is 19.6. The number of carbonyl (C=O) groups is 2. The van der Waals surface area contributed by atoms with Crippen LogP contribution in [-0.4, -0.2) is 61.0 Å². The lowest BCUT2D eigenvalue weighted by molar-refractivity contribution is -0.124. The molecule has 0 unspecified atom stereocenters. The summed E-state index contributed by atoms with van der Waals surface area (Å²) in [5, 5.41) is 2.89. The summed E-state index contributed by atoms with van der Waals surface area (Å²) in [5.41, 5.74) is 2.35. The van der Waals surface area contributed by atoms with E-state index < -0.39 is 6.10 Å². The Kier molecular flexibility index (Phi) is 5.92. The number of carbonyl (C=O) groups excluding carboxylic acids is 2. The first-order valence-electron chi connectivity index (χ1n) is 10.2. The van der Waals surface area contributed by atoms with Crippen LogP contribution in [-0.2, 0) is 9.53 Å². The molecule has 6 nitrogen and oxygen atoms in total. The lowest BCUT2D eigenvalue weighted by atomic mass is 10.0. The second kappa shape index (κ2) is 8.76. The Bertz CT molecular complexity index is 865. The average Bonchev–Trinajstić information content (AvgIpc) is 3.29. The Morgan fingerprint density at radius 3 is 2.66 bits per heavy atom. The smallest absolute Gasteiger partial charge is 0.254 e. The van der Waals surface area contributed by atoms with Crippen LogP contribution in [0.5, 0.6) is 0 Å². The van der Waals surface area contributed by atoms with Gasteiger partial charge in [-0.05, 0) is 43.7 Å². The predicted molar refractivity (Wildman–Crippen MR) is 112 cm³/mol. The van der Waals surface area contributed by atoms with E-state index in [0.29, 0.717) is 24.4 Å². The number of piperazine rings is 1. The van der Waals surface area contributed by atoms with E-state index in [1.54, 1.807) is 6.07 Å². The summed E-state index contributed by atoms with van der Waals surface area (Å²) in [5.74, 6) is -0.158. The van der Waals surface area contributed by atoms with E-state index in [4.69, 9.17) is 4.74 Å². The molecule has 4 rings (SSSR count). The van der Waals surface area contributed by atoms with Gasteiger partial charge in [-0.1, -0.05) is 36.4 Å². The van der Waals surface area contributed by atoms with Crippen molar-refractivity contribution in [3.63, 3.8) is 0 Å². The Morgan fingerprint density at radius 1 is 1.07 bits per heavy atom. The van der Waals surface area contributed by atoms with Crippen molar-refractivity contribution in [3.05, 3.63) is 65.7 Å². The normalized spacial score (nSPS) is 22.4. The third-order valence-corrected chi connectivity index (χ3v) is 5.63. The van der Waals surface area contributed by atoms with Crippen molar-refractivity contribution in [3.8, 4) is 0 Å². The van der Waals surface area contributed by atoms with Crippen molar-refractivity contribution in [2.75, 3.05) is 38.6 Å². The fraction of sp³-hybridized carbons (Fsp3) is 0.391. The third-order valence-electron chi connectivity index (χ3n) is 5.63. The Labute approximate surface area is 171 Å². The zero-order valence-electron chi connectivity index (χ0n) is 16.7. The standard InChI is InChI=1S/C23H27N3O3/c1-25-12-13-26(20(16-25)17-7-3-2-4-8-17)23(28)18-9-5-10-19(15-18)24-22(27)21-11-6-14-29-21/h2-5,7-10,15,20-21H,6,11-14,16H2,1H3,(H,24,27)/t20-,21-/m0/s1. The Balaban J connectivity index is 1.52. The molecule has 152 valence electrons. The highest BCUT2D eigenvalue weighted by Crippen LogP contribution is 2.27. The number of ether oxygens (including phenoxy) is 1. The van der Waals surface area contributed by atoms with Crippen LogP contribution in [0.15, 0.2) is 54.6 Å². The van der Waals surface area contributed by atoms with Crippen LogP contribution in [0.1, 0.15) is 34.8 Å². The molecule has 2 aliphatic rings. The van der Waals surface area contributed by atoms with E-state index in [1.807, 2.05) is 41.3 Å². The first-order valence-corrected chi connectivity index (χ1v) is 10.2. The molecule has 2 aromatic rings. The number of hydrogen-bond donors (Lipinski definition) is 1. The molecule has 0 aromatic heterocycles. The third kappa shape index (κ3) is 4.49. The van der Waals surface area contributed by atoms with Gasteiger partial charge in [0.15, 0.2) is 0 Å². The van der Waals surface area contributed by atoms with Gasteiger partial charge >= 0.3 is 0 Å². The minimum Gasteiger partial charge on any atom is -0.368 e. The summed E-state index contributed by atoms with van der Waals surface area (Å²) in [4.78, 5) is 29.9. The molecule has 2 aromatic carbocycles. The summed E-state index contributed by atoms with van der Waals surface area (Å²) >= 11 is 0. The van der Waals surface area contributed by atoms with Gasteiger partial charge in [-0.15, -0.1) is 0 Å². The number of nitrogens with one attached hydrogen (secondary N) is 1. The largest absolute Gasteiger partial charge is 0.368 e. The van der Waals surface area contributed by atoms with Gasteiger partial charge < -0.3 is 19.9 Å². The number of rotatable bonds is 4. The van der Waals surface area contributed by atoms with Crippen molar-refractivity contribution in [2.45, 2.75) is 25.0 Å². The maximum Gasteiger partial charge on any atom is 0.254 e. The van der Waals surface area contributed by atoms with Gasteiger partial charge in [0.1, 0.15) is 6.10 Å². The zero-order valence-corrected chi connectivity index (χ0v) is 16.7. The summed E-state index contributed by atoms with van der Waals surface area (Å²) in [6.07, 6.45) is 1.25. The molecule has 2 saturated heterocycles. The summed E-state index contributed by atoms with van der Waals surface area (Å²) in [6.45, 7) is 2.93. The van der Waals surface area contributed by atoms with E-state index in [-0.39, 0.29) is 17.9 Å². The minimum atomic E-state index is -0.394. The molecular formula is C23H27N3O3. The van der Waals surface area contributed by atoms with Crippen molar-refractivity contribution in [1.82, 2.24) is 9.80 Å². The maximum atomic E-state index is 13.4. The van der Waals surface area contributed by atoms with Gasteiger partial charge in [0.05, 0.1) is 6.04 Å². The Hall–Kier alpha value is -2.70. The molecule has 6 heteroatoms. The van der Waals surface area contributed by atoms with Gasteiger partial charge in [-0.2, -0.15) is 0 Å². The first-order chi connectivity index (χ1) is 14.1. The van der Waals surface area contributed by atoms with E-state index in [2.05, 4.69) is 29.4 Å². The molecular weight excluding hydrogens is 366 g/mol. The highest BCUT2D eigenvalue weighted by atomic mass is 16.5. The van der Waals surface area contributed by atoms with Gasteiger partial charge in [0, 0.05) is 37.5 Å². The highest BCUT2D eigenvalue weighted by molar-refractivity contribution is 5.98. The maximum absolute atomic E-state index is 13.4. The molecule has 0 bridgehead atoms. The summed E-state index contributed by atoms with van der Waals surface area (Å²) in [7, 11) is 2.08. The highest BCUT2D eigenvalue weighted by Gasteiger charge is 2.31. The second-order valence-corrected chi connectivity index (χ2v) is 7.76. The molecule has 0 spiro atoms. The number of hydrogen-bond acceptors (Lipinski definition) is 4. The van der Waals surface area contributed by atoms with Gasteiger partial charge in [0.2, 0.25) is 0 Å². The fourth-order valence-corrected chi connectivity index (χ4v) is 4.03. The number of nitrogens with zero attached hydrogens (tertiary/aromatic N) is 2. The molecule has 2 fully saturated rings. The molecule has 0 saturated carbocycles. The minimum absolute atomic E-state index is 0.00702. The summed E-state index contributed by atoms with van der Waals surface area (Å²) < 4.78 is 5.44. The topological polar surface area (TPSA) is 61.9 Å². The van der Waals surface area contributed by atoms with E-state index in [0.717, 1.165) is 31.5 Å². The van der Waals surface area contributed by atoms with E-state index >= 15 is 0 Å². The summed E-state index contributed by atoms with van der Waals surface area (Å²) in [6, 6.07) is 17.3. The quantitative estimate of drug-likeness (QED) is 0.868. The molecule has 1 N–H and O–H groups in total. The molecule has 2 heterocycles. The van der Waals surface area contributed by atoms with Crippen molar-refractivity contribution in [2.24, 2.45) is 0 Å². The van der Waals surface area contributed by atoms with Crippen molar-refractivity contribution < 1.29 is 14.3 Å². The van der Waals surface area contributed by atoms with Crippen LogP contribution in [0.2, 0.25) is 0 Å². The van der Waals surface area contributed by atoms with Crippen LogP contribution in [0, 0.1) is 0 Å². The molecule has 2 aliphatic heterocycles. The number of likely N-dealkylation sites (N-methyl/N-ethyl adjacent to an activating group) is 1. The van der Waals surface area contributed by atoms with Crippen LogP contribution in [0.25, 0.3) is 0 Å². The number of benzene rings is 2. The zero-order chi connectivity index (χ0) is 20.2. The van der Waals surface area contributed by atoms with Crippen LogP contribution in [0.3, 0.4) is 0 Å². The van der Waals surface area contributed by atoms with E-state index in [9.17, 15) is 9.59 Å². The van der Waals surface area contributed by atoms with Crippen LogP contribution in [0.4, 0.5) is 5.69 Å². The van der Waals surface area contributed by atoms with Crippen molar-refractivity contribution in [1.29, 1.82) is 0 Å². The number of anilines is 1. The van der Waals surface area contributed by atoms with Gasteiger partial charge in [-0.3, -0.25) is 9.59 Å². The molecule has 2 atom stereocenters. The Morgan fingerprint density at radius 2 is 1.90 bits per heavy atom. The number of amides is 2. The van der Waals surface area contributed by atoms with Crippen LogP contribution < -0.4 is 5.32 Å². The van der Waals surface area contributed by atoms with Crippen molar-refractivity contribution >= 4 is 17.5 Å². The fourth-order valence-electron chi connectivity index (χ4n) is 4.03. The monoisotopic (exact) mass is 393 g/mol.